The molecule has 0 radical (unpaired) electrons. The molecule has 0 saturated carbocycles. The molecule has 0 atom stereocenters. The number of amides is 2. The lowest BCUT2D eigenvalue weighted by molar-refractivity contribution is -0.144. The van der Waals surface area contributed by atoms with Crippen LogP contribution in [0.25, 0.3) is 17.0 Å². The van der Waals surface area contributed by atoms with Gasteiger partial charge in [-0.25, -0.2) is 4.79 Å². The van der Waals surface area contributed by atoms with Gasteiger partial charge in [0.25, 0.3) is 5.91 Å². The summed E-state index contributed by atoms with van der Waals surface area (Å²) in [7, 11) is 0. The van der Waals surface area contributed by atoms with Crippen LogP contribution in [0.3, 0.4) is 0 Å². The minimum Gasteiger partial charge on any atom is -0.451 e. The second kappa shape index (κ2) is 9.21. The van der Waals surface area contributed by atoms with Crippen molar-refractivity contribution in [3.63, 3.8) is 0 Å². The van der Waals surface area contributed by atoms with Gasteiger partial charge in [0, 0.05) is 12.3 Å². The van der Waals surface area contributed by atoms with E-state index in [9.17, 15) is 19.6 Å². The zero-order chi connectivity index (χ0) is 21.5. The zero-order valence-electron chi connectivity index (χ0n) is 16.0. The summed E-state index contributed by atoms with van der Waals surface area (Å²) in [5.74, 6) is -2.05. The highest BCUT2D eigenvalue weighted by molar-refractivity contribution is 6.04. The minimum absolute atomic E-state index is 0.0567. The Morgan fingerprint density at radius 2 is 1.80 bits per heavy atom. The Kier molecular flexibility index (Phi) is 6.25. The van der Waals surface area contributed by atoms with Gasteiger partial charge in [0.1, 0.15) is 23.0 Å². The van der Waals surface area contributed by atoms with Crippen molar-refractivity contribution in [3.8, 4) is 6.07 Å². The second-order valence-corrected chi connectivity index (χ2v) is 6.19. The molecular formula is C22H17N3O5. The summed E-state index contributed by atoms with van der Waals surface area (Å²) >= 11 is 0. The predicted octanol–water partition coefficient (Wildman–Crippen LogP) is 2.96. The number of esters is 1. The number of fused-ring (bicyclic) bond motifs is 1. The Hall–Kier alpha value is -4.38. The van der Waals surface area contributed by atoms with Crippen LogP contribution in [0.2, 0.25) is 0 Å². The highest BCUT2D eigenvalue weighted by atomic mass is 16.5. The molecule has 0 fully saturated rings. The molecule has 2 N–H and O–H groups in total. The van der Waals surface area contributed by atoms with E-state index in [2.05, 4.69) is 10.6 Å². The van der Waals surface area contributed by atoms with Crippen LogP contribution in [0.5, 0.6) is 0 Å². The van der Waals surface area contributed by atoms with E-state index < -0.39 is 24.4 Å². The molecule has 0 saturated heterocycles. The summed E-state index contributed by atoms with van der Waals surface area (Å²) in [6.45, 7) is 0.640. The normalized spacial score (nSPS) is 10.9. The minimum atomic E-state index is -0.873. The smallest absolute Gasteiger partial charge is 0.355 e. The molecule has 150 valence electrons. The van der Waals surface area contributed by atoms with Gasteiger partial charge in [-0.15, -0.1) is 0 Å². The van der Waals surface area contributed by atoms with E-state index in [-0.39, 0.29) is 17.1 Å². The molecule has 0 unspecified atom stereocenters. The molecule has 2 amide bonds. The SMILES string of the molecule is CC(=O)N/C(=C\c1ccccc1)C(=O)OCC(=O)Nc1c(C#N)oc2ccccc12. The summed E-state index contributed by atoms with van der Waals surface area (Å²) in [5, 5.41) is 14.7. The van der Waals surface area contributed by atoms with Crippen LogP contribution < -0.4 is 10.6 Å². The number of nitrogens with zero attached hydrogens (tertiary/aromatic N) is 1. The van der Waals surface area contributed by atoms with Gasteiger partial charge in [-0.1, -0.05) is 42.5 Å². The maximum Gasteiger partial charge on any atom is 0.355 e. The number of rotatable bonds is 6. The lowest BCUT2D eigenvalue weighted by Crippen LogP contribution is -2.29. The fraction of sp³-hybridized carbons (Fsp3) is 0.0909. The van der Waals surface area contributed by atoms with Crippen molar-refractivity contribution >= 4 is 40.5 Å². The van der Waals surface area contributed by atoms with Gasteiger partial charge >= 0.3 is 5.97 Å². The molecular weight excluding hydrogens is 386 g/mol. The lowest BCUT2D eigenvalue weighted by Gasteiger charge is -2.09. The number of nitriles is 1. The Labute approximate surface area is 171 Å². The molecule has 0 spiro atoms. The average molecular weight is 403 g/mol. The van der Waals surface area contributed by atoms with E-state index in [1.165, 1.54) is 13.0 Å². The van der Waals surface area contributed by atoms with Crippen molar-refractivity contribution in [2.75, 3.05) is 11.9 Å². The molecule has 30 heavy (non-hydrogen) atoms. The third-order valence-electron chi connectivity index (χ3n) is 3.94. The number of hydrogen-bond donors (Lipinski definition) is 2. The molecule has 1 aromatic heterocycles. The zero-order valence-corrected chi connectivity index (χ0v) is 16.0. The first-order chi connectivity index (χ1) is 14.5. The second-order valence-electron chi connectivity index (χ2n) is 6.19. The van der Waals surface area contributed by atoms with Crippen molar-refractivity contribution in [1.29, 1.82) is 5.26 Å². The maximum atomic E-state index is 12.4. The summed E-state index contributed by atoms with van der Waals surface area (Å²) in [4.78, 5) is 36.1. The Bertz CT molecular complexity index is 1170. The first-order valence-corrected chi connectivity index (χ1v) is 8.91. The van der Waals surface area contributed by atoms with Crippen molar-refractivity contribution in [2.45, 2.75) is 6.92 Å². The number of furan rings is 1. The fourth-order valence-electron chi connectivity index (χ4n) is 2.68. The Morgan fingerprint density at radius 3 is 2.50 bits per heavy atom. The number of ether oxygens (including phenoxy) is 1. The van der Waals surface area contributed by atoms with Crippen molar-refractivity contribution in [3.05, 3.63) is 71.6 Å². The number of para-hydroxylation sites is 1. The molecule has 0 aliphatic carbocycles. The Morgan fingerprint density at radius 1 is 1.10 bits per heavy atom. The van der Waals surface area contributed by atoms with Gasteiger partial charge in [0.15, 0.2) is 6.61 Å². The van der Waals surface area contributed by atoms with Crippen LogP contribution in [-0.2, 0) is 19.1 Å². The van der Waals surface area contributed by atoms with Crippen molar-refractivity contribution in [1.82, 2.24) is 5.32 Å². The van der Waals surface area contributed by atoms with E-state index in [0.717, 1.165) is 0 Å². The molecule has 3 rings (SSSR count). The topological polar surface area (TPSA) is 121 Å². The highest BCUT2D eigenvalue weighted by Gasteiger charge is 2.18. The van der Waals surface area contributed by atoms with E-state index in [1.807, 2.05) is 12.1 Å². The van der Waals surface area contributed by atoms with Gasteiger partial charge in [-0.05, 0) is 23.8 Å². The highest BCUT2D eigenvalue weighted by Crippen LogP contribution is 2.30. The first-order valence-electron chi connectivity index (χ1n) is 8.91. The molecule has 0 aliphatic rings. The van der Waals surface area contributed by atoms with Gasteiger partial charge in [-0.2, -0.15) is 5.26 Å². The number of benzene rings is 2. The van der Waals surface area contributed by atoms with Crippen LogP contribution in [0.15, 0.2) is 64.7 Å². The lowest BCUT2D eigenvalue weighted by atomic mass is 10.2. The summed E-state index contributed by atoms with van der Waals surface area (Å²) < 4.78 is 10.4. The number of hydrogen-bond acceptors (Lipinski definition) is 6. The maximum absolute atomic E-state index is 12.4. The number of carbonyl (C=O) groups is 3. The third kappa shape index (κ3) is 4.91. The average Bonchev–Trinajstić information content (AvgIpc) is 3.09. The molecule has 3 aromatic rings. The van der Waals surface area contributed by atoms with E-state index >= 15 is 0 Å². The molecule has 8 heteroatoms. The molecule has 1 heterocycles. The van der Waals surface area contributed by atoms with Gasteiger partial charge in [-0.3, -0.25) is 9.59 Å². The van der Waals surface area contributed by atoms with Crippen molar-refractivity contribution < 1.29 is 23.5 Å². The van der Waals surface area contributed by atoms with E-state index in [4.69, 9.17) is 9.15 Å². The van der Waals surface area contributed by atoms with Crippen LogP contribution >= 0.6 is 0 Å². The van der Waals surface area contributed by atoms with Crippen LogP contribution in [0, 0.1) is 11.3 Å². The quantitative estimate of drug-likeness (QED) is 0.482. The van der Waals surface area contributed by atoms with Crippen LogP contribution in [-0.4, -0.2) is 24.4 Å². The summed E-state index contributed by atoms with van der Waals surface area (Å²) in [6.07, 6.45) is 1.44. The molecule has 8 nitrogen and oxygen atoms in total. The van der Waals surface area contributed by atoms with Crippen LogP contribution in [0.1, 0.15) is 18.2 Å². The van der Waals surface area contributed by atoms with Crippen LogP contribution in [0.4, 0.5) is 5.69 Å². The molecule has 0 bridgehead atoms. The summed E-state index contributed by atoms with van der Waals surface area (Å²) in [6, 6.07) is 17.6. The monoisotopic (exact) mass is 403 g/mol. The fourth-order valence-corrected chi connectivity index (χ4v) is 2.68. The van der Waals surface area contributed by atoms with Gasteiger partial charge < -0.3 is 19.8 Å². The predicted molar refractivity (Wildman–Crippen MR) is 109 cm³/mol. The van der Waals surface area contributed by atoms with Gasteiger partial charge in [0.05, 0.1) is 0 Å². The van der Waals surface area contributed by atoms with Crippen molar-refractivity contribution in [2.24, 2.45) is 0 Å². The van der Waals surface area contributed by atoms with E-state index in [1.54, 1.807) is 48.5 Å². The Balaban J connectivity index is 1.70. The summed E-state index contributed by atoms with van der Waals surface area (Å²) in [5.41, 5.74) is 1.22. The number of carbonyl (C=O) groups excluding carboxylic acids is 3. The largest absolute Gasteiger partial charge is 0.451 e. The molecule has 2 aromatic carbocycles. The third-order valence-corrected chi connectivity index (χ3v) is 3.94. The van der Waals surface area contributed by atoms with E-state index in [0.29, 0.717) is 16.5 Å². The molecule has 0 aliphatic heterocycles. The standard InChI is InChI=1S/C22H17N3O5/c1-14(26)24-17(11-15-7-3-2-4-8-15)22(28)29-13-20(27)25-21-16-9-5-6-10-18(16)30-19(21)12-23/h2-11H,13H2,1H3,(H,24,26)(H,25,27)/b17-11-. The van der Waals surface area contributed by atoms with Gasteiger partial charge in [0.2, 0.25) is 11.7 Å². The first kappa shape index (κ1) is 20.4. The number of nitrogens with one attached hydrogen (secondary N) is 2. The number of anilines is 1.